The number of amides is 1. The first-order valence-corrected chi connectivity index (χ1v) is 17.0. The van der Waals surface area contributed by atoms with Gasteiger partial charge in [-0.25, -0.2) is 0 Å². The molecule has 2 heterocycles. The van der Waals surface area contributed by atoms with Crippen molar-refractivity contribution in [3.63, 3.8) is 0 Å². The van der Waals surface area contributed by atoms with Gasteiger partial charge in [-0.15, -0.1) is 0 Å². The van der Waals surface area contributed by atoms with E-state index in [9.17, 15) is 9.90 Å². The summed E-state index contributed by atoms with van der Waals surface area (Å²) in [6.45, 7) is 9.70. The molecule has 0 aromatic carbocycles. The molecule has 1 amide bonds. The van der Waals surface area contributed by atoms with Crippen LogP contribution in [0.1, 0.15) is 104 Å². The zero-order valence-electron chi connectivity index (χ0n) is 25.2. The van der Waals surface area contributed by atoms with E-state index in [0.29, 0.717) is 72.1 Å². The van der Waals surface area contributed by atoms with Crippen LogP contribution >= 0.6 is 0 Å². The number of hydrogen-bond donors (Lipinski definition) is 1. The highest BCUT2D eigenvalue weighted by atomic mass is 16.7. The Kier molecular flexibility index (Phi) is 6.16. The van der Waals surface area contributed by atoms with E-state index in [-0.39, 0.29) is 30.5 Å². The Morgan fingerprint density at radius 2 is 1.77 bits per heavy atom. The lowest BCUT2D eigenvalue weighted by molar-refractivity contribution is -0.244. The van der Waals surface area contributed by atoms with E-state index >= 15 is 0 Å². The van der Waals surface area contributed by atoms with Gasteiger partial charge in [0.05, 0.1) is 38.1 Å². The second-order valence-corrected chi connectivity index (χ2v) is 16.5. The van der Waals surface area contributed by atoms with E-state index in [1.54, 1.807) is 0 Å². The largest absolute Gasteiger partial charge is 0.394 e. The molecule has 6 heteroatoms. The van der Waals surface area contributed by atoms with E-state index in [2.05, 4.69) is 20.8 Å². The minimum atomic E-state index is -0.278. The first-order valence-electron chi connectivity index (χ1n) is 17.0. The molecule has 0 radical (unpaired) electrons. The fourth-order valence-corrected chi connectivity index (χ4v) is 12.5. The summed E-state index contributed by atoms with van der Waals surface area (Å²) in [5, 5.41) is 9.78. The third-order valence-corrected chi connectivity index (χ3v) is 14.7. The number of aliphatic hydroxyl groups excluding tert-OH is 1. The first kappa shape index (κ1) is 26.9. The molecule has 6 aliphatic carbocycles. The molecule has 2 spiro atoms. The van der Waals surface area contributed by atoms with Gasteiger partial charge in [-0.05, 0) is 128 Å². The number of ether oxygens (including phenoxy) is 3. The van der Waals surface area contributed by atoms with Gasteiger partial charge in [0.2, 0.25) is 5.91 Å². The molecule has 1 N–H and O–H groups in total. The van der Waals surface area contributed by atoms with Gasteiger partial charge in [-0.2, -0.15) is 0 Å². The van der Waals surface area contributed by atoms with Crippen molar-refractivity contribution in [3.05, 3.63) is 0 Å². The van der Waals surface area contributed by atoms with Crippen LogP contribution in [-0.2, 0) is 19.0 Å². The average Bonchev–Trinajstić information content (AvgIpc) is 3.85. The Bertz CT molecular complexity index is 1030. The molecule has 8 rings (SSSR count). The molecule has 8 fully saturated rings. The zero-order chi connectivity index (χ0) is 27.5. The summed E-state index contributed by atoms with van der Waals surface area (Å²) in [5.74, 6) is 3.98. The van der Waals surface area contributed by atoms with Gasteiger partial charge in [0, 0.05) is 13.0 Å². The average molecular weight is 556 g/mol. The lowest BCUT2D eigenvalue weighted by Crippen LogP contribution is -2.56. The number of carbonyl (C=O) groups excluding carboxylic acids is 1. The number of nitrogens with zero attached hydrogens (tertiary/aromatic N) is 1. The number of carbonyl (C=O) groups is 1. The van der Waals surface area contributed by atoms with E-state index in [0.717, 1.165) is 24.7 Å². The molecule has 2 aliphatic heterocycles. The van der Waals surface area contributed by atoms with Gasteiger partial charge >= 0.3 is 0 Å². The Morgan fingerprint density at radius 3 is 2.58 bits per heavy atom. The lowest BCUT2D eigenvalue weighted by Gasteiger charge is -2.60. The monoisotopic (exact) mass is 555 g/mol. The second-order valence-electron chi connectivity index (χ2n) is 16.5. The first-order chi connectivity index (χ1) is 19.2. The maximum atomic E-state index is 12.8. The quantitative estimate of drug-likeness (QED) is 0.481. The van der Waals surface area contributed by atoms with Crippen LogP contribution in [0.5, 0.6) is 0 Å². The Labute approximate surface area is 241 Å². The highest BCUT2D eigenvalue weighted by molar-refractivity contribution is 5.76. The van der Waals surface area contributed by atoms with E-state index < -0.39 is 0 Å². The Hall–Kier alpha value is -0.690. The summed E-state index contributed by atoms with van der Waals surface area (Å²) >= 11 is 0. The Morgan fingerprint density at radius 1 is 0.950 bits per heavy atom. The van der Waals surface area contributed by atoms with Crippen molar-refractivity contribution in [2.75, 3.05) is 26.3 Å². The summed E-state index contributed by atoms with van der Waals surface area (Å²) in [4.78, 5) is 14.8. The highest BCUT2D eigenvalue weighted by Crippen LogP contribution is 2.87. The maximum absolute atomic E-state index is 12.8. The van der Waals surface area contributed by atoms with E-state index in [4.69, 9.17) is 14.2 Å². The summed E-state index contributed by atoms with van der Waals surface area (Å²) in [6.07, 6.45) is 16.4. The summed E-state index contributed by atoms with van der Waals surface area (Å²) in [7, 11) is 0. The smallest absolute Gasteiger partial charge is 0.223 e. The van der Waals surface area contributed by atoms with E-state index in [1.807, 2.05) is 4.90 Å². The molecule has 0 bridgehead atoms. The lowest BCUT2D eigenvalue weighted by atomic mass is 9.46. The minimum absolute atomic E-state index is 0.0644. The number of morpholine rings is 1. The van der Waals surface area contributed by atoms with Crippen molar-refractivity contribution in [1.82, 2.24) is 4.90 Å². The summed E-state index contributed by atoms with van der Waals surface area (Å²) in [6, 6.07) is 0. The van der Waals surface area contributed by atoms with Crippen molar-refractivity contribution in [1.29, 1.82) is 0 Å². The molecule has 6 unspecified atom stereocenters. The molecule has 8 aliphatic rings. The molecular formula is C34H53NO5. The normalized spacial score (nSPS) is 52.5. The molecular weight excluding hydrogens is 502 g/mol. The molecule has 224 valence electrons. The topological polar surface area (TPSA) is 68.2 Å². The highest BCUT2D eigenvalue weighted by Gasteiger charge is 2.80. The van der Waals surface area contributed by atoms with Crippen LogP contribution in [0.25, 0.3) is 0 Å². The molecule has 0 aromatic rings. The van der Waals surface area contributed by atoms with E-state index in [1.165, 1.54) is 64.2 Å². The van der Waals surface area contributed by atoms with Crippen molar-refractivity contribution >= 4 is 5.91 Å². The SMILES string of the molecule is CC1(C)C2CCC3C4C[C@H]5O[C@@H](CO)CC[C@@H]5C4(C)CC[C@]34CC24CC[C@@H]1OC1CN(C(=O)CC2CC2)CCO1. The van der Waals surface area contributed by atoms with Crippen molar-refractivity contribution in [2.24, 2.45) is 51.2 Å². The summed E-state index contributed by atoms with van der Waals surface area (Å²) < 4.78 is 19.4. The fraction of sp³-hybridized carbons (Fsp3) is 0.971. The van der Waals surface area contributed by atoms with Crippen LogP contribution in [-0.4, -0.2) is 66.8 Å². The van der Waals surface area contributed by atoms with Crippen molar-refractivity contribution in [3.8, 4) is 0 Å². The van der Waals surface area contributed by atoms with Crippen LogP contribution in [0, 0.1) is 51.2 Å². The van der Waals surface area contributed by atoms with Crippen LogP contribution < -0.4 is 0 Å². The number of aliphatic hydroxyl groups is 1. The van der Waals surface area contributed by atoms with Crippen LogP contribution in [0.2, 0.25) is 0 Å². The number of fused-ring (bicyclic) bond motifs is 4. The van der Waals surface area contributed by atoms with Gasteiger partial charge in [0.15, 0.2) is 6.29 Å². The van der Waals surface area contributed by atoms with Crippen LogP contribution in [0.4, 0.5) is 0 Å². The molecule has 0 aromatic heterocycles. The van der Waals surface area contributed by atoms with Crippen LogP contribution in [0.15, 0.2) is 0 Å². The minimum Gasteiger partial charge on any atom is -0.394 e. The van der Waals surface area contributed by atoms with Gasteiger partial charge in [0.25, 0.3) is 0 Å². The molecule has 11 atom stereocenters. The zero-order valence-corrected chi connectivity index (χ0v) is 25.2. The second kappa shape index (κ2) is 9.16. The summed E-state index contributed by atoms with van der Waals surface area (Å²) in [5.41, 5.74) is 1.59. The van der Waals surface area contributed by atoms with Gasteiger partial charge in [0.1, 0.15) is 0 Å². The molecule has 6 nitrogen and oxygen atoms in total. The molecule has 6 saturated carbocycles. The number of hydrogen-bond acceptors (Lipinski definition) is 5. The predicted octanol–water partition coefficient (Wildman–Crippen LogP) is 5.56. The maximum Gasteiger partial charge on any atom is 0.223 e. The standard InChI is InChI=1S/C34H53NO5/c1-31(2)27-9-8-23-25-17-26-24(7-6-22(19-36)39-26)32(25,3)12-13-33(23)20-34(27,33)11-10-28(31)40-30-18-35(14-15-38-30)29(37)16-21-4-5-21/h21-28,30,36H,4-20H2,1-3H3/t22-,23?,24+,25?,26-,27?,28+,30?,32?,33+,34?/m1/s1. The third-order valence-electron chi connectivity index (χ3n) is 14.7. The third kappa shape index (κ3) is 3.76. The van der Waals surface area contributed by atoms with Crippen molar-refractivity contribution < 1.29 is 24.1 Å². The fourth-order valence-electron chi connectivity index (χ4n) is 12.5. The molecule has 40 heavy (non-hydrogen) atoms. The number of rotatable bonds is 5. The Balaban J connectivity index is 0.967. The van der Waals surface area contributed by atoms with Gasteiger partial charge < -0.3 is 24.2 Å². The predicted molar refractivity (Wildman–Crippen MR) is 151 cm³/mol. The van der Waals surface area contributed by atoms with Gasteiger partial charge in [-0.1, -0.05) is 20.8 Å². The van der Waals surface area contributed by atoms with Crippen LogP contribution in [0.3, 0.4) is 0 Å². The van der Waals surface area contributed by atoms with Crippen molar-refractivity contribution in [2.45, 2.75) is 129 Å². The van der Waals surface area contributed by atoms with Gasteiger partial charge in [-0.3, -0.25) is 4.79 Å². The molecule has 2 saturated heterocycles.